The highest BCUT2D eigenvalue weighted by molar-refractivity contribution is 6.29. The largest absolute Gasteiger partial charge is 0.254 e. The second-order valence-electron chi connectivity index (χ2n) is 1.47. The van der Waals surface area contributed by atoms with Crippen molar-refractivity contribution >= 4 is 11.9 Å². The summed E-state index contributed by atoms with van der Waals surface area (Å²) in [6.07, 6.45) is 4.87. The van der Waals surface area contributed by atoms with Gasteiger partial charge in [-0.25, -0.2) is 0 Å². The van der Waals surface area contributed by atoms with Crippen molar-refractivity contribution < 1.29 is 0 Å². The third-order valence-electron chi connectivity index (χ3n) is 0.753. The summed E-state index contributed by atoms with van der Waals surface area (Å²) in [7, 11) is 0. The van der Waals surface area contributed by atoms with Crippen LogP contribution in [0.3, 0.4) is 0 Å². The van der Waals surface area contributed by atoms with Gasteiger partial charge >= 0.3 is 0 Å². The molecule has 0 unspecified atom stereocenters. The molecule has 1 rings (SSSR count). The summed E-state index contributed by atoms with van der Waals surface area (Å²) in [5.74, 6) is 0. The first-order valence-electron chi connectivity index (χ1n) is 2.36. The Balaban J connectivity index is 2.90. The normalized spacial score (nSPS) is 15.9. The molecular formula is C6H6N2. The fourth-order valence-corrected chi connectivity index (χ4v) is 0.394. The average Bonchev–Trinajstić information content (AvgIpc) is 1.94. The van der Waals surface area contributed by atoms with Crippen LogP contribution in [0.4, 0.5) is 0 Å². The maximum atomic E-state index is 3.92. The van der Waals surface area contributed by atoms with Crippen LogP contribution in [0.15, 0.2) is 28.1 Å². The fraction of sp³-hybridized carbons (Fsp3) is 0.167. The lowest BCUT2D eigenvalue weighted by Crippen LogP contribution is -1.87. The van der Waals surface area contributed by atoms with E-state index in [0.717, 1.165) is 5.71 Å². The summed E-state index contributed by atoms with van der Waals surface area (Å²) < 4.78 is 0. The Morgan fingerprint density at radius 1 is 1.50 bits per heavy atom. The van der Waals surface area contributed by atoms with Crippen molar-refractivity contribution in [3.63, 3.8) is 0 Å². The van der Waals surface area contributed by atoms with Gasteiger partial charge in [-0.15, -0.1) is 0 Å². The van der Waals surface area contributed by atoms with E-state index in [1.54, 1.807) is 18.6 Å². The zero-order chi connectivity index (χ0) is 5.82. The predicted octanol–water partition coefficient (Wildman–Crippen LogP) is 1.16. The van der Waals surface area contributed by atoms with Gasteiger partial charge in [0.15, 0.2) is 0 Å². The fourth-order valence-electron chi connectivity index (χ4n) is 0.394. The van der Waals surface area contributed by atoms with E-state index in [4.69, 9.17) is 0 Å². The van der Waals surface area contributed by atoms with E-state index in [9.17, 15) is 0 Å². The Bertz CT molecular complexity index is 193. The van der Waals surface area contributed by atoms with Gasteiger partial charge in [-0.3, -0.25) is 9.98 Å². The Morgan fingerprint density at radius 3 is 3.25 bits per heavy atom. The molecule has 0 amide bonds. The molecule has 0 spiro atoms. The van der Waals surface area contributed by atoms with Gasteiger partial charge in [0.25, 0.3) is 0 Å². The minimum atomic E-state index is 0.909. The van der Waals surface area contributed by atoms with Crippen molar-refractivity contribution in [3.05, 3.63) is 18.1 Å². The van der Waals surface area contributed by atoms with Crippen LogP contribution in [0.5, 0.6) is 0 Å². The summed E-state index contributed by atoms with van der Waals surface area (Å²) in [6.45, 7) is 1.89. The molecule has 0 fully saturated rings. The number of rotatable bonds is 0. The van der Waals surface area contributed by atoms with Gasteiger partial charge in [0.1, 0.15) is 0 Å². The number of nitrogens with zero attached hydrogens (tertiary/aromatic N) is 2. The zero-order valence-corrected chi connectivity index (χ0v) is 4.63. The molecule has 0 N–H and O–H groups in total. The van der Waals surface area contributed by atoms with E-state index in [1.165, 1.54) is 0 Å². The van der Waals surface area contributed by atoms with E-state index < -0.39 is 0 Å². The lowest BCUT2D eigenvalue weighted by Gasteiger charge is -1.78. The molecule has 0 aromatic heterocycles. The van der Waals surface area contributed by atoms with Crippen molar-refractivity contribution in [3.8, 4) is 0 Å². The summed E-state index contributed by atoms with van der Waals surface area (Å²) >= 11 is 0. The van der Waals surface area contributed by atoms with Gasteiger partial charge in [0.05, 0.1) is 18.1 Å². The second kappa shape index (κ2) is 2.24. The maximum Gasteiger partial charge on any atom is 0.0706 e. The van der Waals surface area contributed by atoms with Crippen LogP contribution in [0.1, 0.15) is 6.92 Å². The molecule has 40 valence electrons. The van der Waals surface area contributed by atoms with Crippen molar-refractivity contribution in [1.82, 2.24) is 0 Å². The summed E-state index contributed by atoms with van der Waals surface area (Å²) in [5, 5.41) is 0. The summed E-state index contributed by atoms with van der Waals surface area (Å²) in [6, 6.07) is 0. The smallest absolute Gasteiger partial charge is 0.0706 e. The lowest BCUT2D eigenvalue weighted by molar-refractivity contribution is 1.57. The first-order chi connectivity index (χ1) is 3.89. The Hall–Kier alpha value is -1.14. The van der Waals surface area contributed by atoms with Crippen molar-refractivity contribution in [2.75, 3.05) is 0 Å². The SMILES string of the molecule is CC1=NC=C=CN=C1. The highest BCUT2D eigenvalue weighted by Crippen LogP contribution is 1.81. The van der Waals surface area contributed by atoms with Gasteiger partial charge in [0, 0.05) is 6.21 Å². The first kappa shape index (κ1) is 5.01. The van der Waals surface area contributed by atoms with Crippen LogP contribution in [0, 0.1) is 0 Å². The van der Waals surface area contributed by atoms with E-state index in [1.807, 2.05) is 6.92 Å². The van der Waals surface area contributed by atoms with E-state index in [-0.39, 0.29) is 0 Å². The summed E-state index contributed by atoms with van der Waals surface area (Å²) in [4.78, 5) is 7.75. The maximum absolute atomic E-state index is 3.92. The van der Waals surface area contributed by atoms with Crippen LogP contribution in [-0.2, 0) is 0 Å². The van der Waals surface area contributed by atoms with Gasteiger partial charge in [-0.1, -0.05) is 5.73 Å². The Labute approximate surface area is 48.0 Å². The third-order valence-corrected chi connectivity index (χ3v) is 0.753. The molecule has 2 nitrogen and oxygen atoms in total. The topological polar surface area (TPSA) is 24.7 Å². The molecule has 8 heavy (non-hydrogen) atoms. The van der Waals surface area contributed by atoms with Crippen LogP contribution >= 0.6 is 0 Å². The molecule has 0 aromatic rings. The molecule has 0 aromatic carbocycles. The van der Waals surface area contributed by atoms with Crippen LogP contribution < -0.4 is 0 Å². The minimum absolute atomic E-state index is 0.909. The highest BCUT2D eigenvalue weighted by atomic mass is 14.8. The second-order valence-corrected chi connectivity index (χ2v) is 1.47. The molecule has 0 saturated heterocycles. The molecule has 0 bridgehead atoms. The Kier molecular flexibility index (Phi) is 1.40. The molecule has 1 aliphatic rings. The predicted molar refractivity (Wildman–Crippen MR) is 34.3 cm³/mol. The third kappa shape index (κ3) is 1.17. The zero-order valence-electron chi connectivity index (χ0n) is 4.63. The quantitative estimate of drug-likeness (QED) is 0.414. The summed E-state index contributed by atoms with van der Waals surface area (Å²) in [5.41, 5.74) is 3.65. The molecule has 0 aliphatic carbocycles. The van der Waals surface area contributed by atoms with Crippen LogP contribution in [-0.4, -0.2) is 11.9 Å². The molecule has 1 aliphatic heterocycles. The molecule has 2 heteroatoms. The molecule has 0 radical (unpaired) electrons. The van der Waals surface area contributed by atoms with Gasteiger partial charge in [0.2, 0.25) is 0 Å². The molecule has 1 heterocycles. The lowest BCUT2D eigenvalue weighted by atomic mass is 10.5. The van der Waals surface area contributed by atoms with Crippen molar-refractivity contribution in [1.29, 1.82) is 0 Å². The van der Waals surface area contributed by atoms with Crippen LogP contribution in [0.25, 0.3) is 0 Å². The van der Waals surface area contributed by atoms with E-state index in [2.05, 4.69) is 15.7 Å². The molecular weight excluding hydrogens is 100 g/mol. The Morgan fingerprint density at radius 2 is 2.38 bits per heavy atom. The first-order valence-corrected chi connectivity index (χ1v) is 2.36. The van der Waals surface area contributed by atoms with Crippen LogP contribution in [0.2, 0.25) is 0 Å². The monoisotopic (exact) mass is 106 g/mol. The average molecular weight is 106 g/mol. The minimum Gasteiger partial charge on any atom is -0.254 e. The van der Waals surface area contributed by atoms with E-state index in [0.29, 0.717) is 0 Å². The van der Waals surface area contributed by atoms with Gasteiger partial charge < -0.3 is 0 Å². The van der Waals surface area contributed by atoms with Gasteiger partial charge in [-0.2, -0.15) is 0 Å². The number of hydrogen-bond donors (Lipinski definition) is 0. The van der Waals surface area contributed by atoms with E-state index >= 15 is 0 Å². The number of aliphatic imine (C=N–C) groups is 2. The van der Waals surface area contributed by atoms with Crippen molar-refractivity contribution in [2.24, 2.45) is 9.98 Å². The highest BCUT2D eigenvalue weighted by Gasteiger charge is 1.79. The molecule has 0 saturated carbocycles. The van der Waals surface area contributed by atoms with Gasteiger partial charge in [-0.05, 0) is 6.92 Å². The van der Waals surface area contributed by atoms with Crippen molar-refractivity contribution in [2.45, 2.75) is 6.92 Å². The standard InChI is InChI=1S/C6H6N2/c1-6-5-7-3-2-4-8-6/h3-5H,1H3. The number of hydrogen-bond acceptors (Lipinski definition) is 2. The molecule has 0 atom stereocenters.